The number of rotatable bonds is 7. The largest absolute Gasteiger partial charge is 0.497 e. The molecule has 0 saturated carbocycles. The second-order valence-electron chi connectivity index (χ2n) is 11.5. The Morgan fingerprint density at radius 2 is 1.65 bits per heavy atom. The molecule has 0 aromatic heterocycles. The lowest BCUT2D eigenvalue weighted by atomic mass is 9.62. The minimum absolute atomic E-state index is 0.226. The van der Waals surface area contributed by atoms with Gasteiger partial charge in [-0.3, -0.25) is 14.4 Å². The van der Waals surface area contributed by atoms with E-state index in [1.165, 1.54) is 0 Å². The molecule has 1 spiro atoms. The Labute approximate surface area is 251 Å². The Hall–Kier alpha value is -4.97. The van der Waals surface area contributed by atoms with Crippen LogP contribution in [0.25, 0.3) is 6.08 Å². The zero-order valence-corrected chi connectivity index (χ0v) is 24.1. The van der Waals surface area contributed by atoms with Crippen molar-refractivity contribution in [3.8, 4) is 5.75 Å². The van der Waals surface area contributed by atoms with Crippen LogP contribution >= 0.6 is 0 Å². The van der Waals surface area contributed by atoms with Crippen LogP contribution in [0.5, 0.6) is 5.75 Å². The van der Waals surface area contributed by atoms with Gasteiger partial charge >= 0.3 is 0 Å². The number of hydrogen-bond acceptors (Lipinski definition) is 5. The summed E-state index contributed by atoms with van der Waals surface area (Å²) < 4.78 is 5.44. The fraction of sp³-hybridized carbons (Fsp3) is 0.216. The molecule has 4 aromatic carbocycles. The fourth-order valence-corrected chi connectivity index (χ4v) is 7.42. The molecule has 0 aliphatic carbocycles. The Balaban J connectivity index is 1.50. The van der Waals surface area contributed by atoms with E-state index in [0.717, 1.165) is 35.1 Å². The van der Waals surface area contributed by atoms with Crippen molar-refractivity contribution in [3.63, 3.8) is 0 Å². The summed E-state index contributed by atoms with van der Waals surface area (Å²) in [5, 5.41) is 3.10. The van der Waals surface area contributed by atoms with E-state index in [4.69, 9.17) is 4.74 Å². The van der Waals surface area contributed by atoms with E-state index < -0.39 is 23.4 Å². The van der Waals surface area contributed by atoms with E-state index in [9.17, 15) is 14.4 Å². The second kappa shape index (κ2) is 10.4. The molecule has 1 amide bonds. The molecule has 3 aliphatic heterocycles. The minimum atomic E-state index is -1.35. The molecular formula is C37H32N2O4. The number of Topliss-reactive ketones (excluding diaryl/α,β-unsaturated/α-hetero) is 2. The van der Waals surface area contributed by atoms with Gasteiger partial charge in [0.05, 0.1) is 19.1 Å². The number of para-hydroxylation sites is 1. The molecule has 1 fully saturated rings. The van der Waals surface area contributed by atoms with Crippen molar-refractivity contribution in [1.82, 2.24) is 4.90 Å². The molecule has 0 unspecified atom stereocenters. The number of amides is 1. The number of carbonyl (C=O) groups is 3. The van der Waals surface area contributed by atoms with Crippen molar-refractivity contribution in [1.29, 1.82) is 0 Å². The number of methoxy groups -OCH3 is 1. The van der Waals surface area contributed by atoms with E-state index in [-0.39, 0.29) is 17.5 Å². The van der Waals surface area contributed by atoms with Crippen molar-refractivity contribution < 1.29 is 19.1 Å². The van der Waals surface area contributed by atoms with Crippen LogP contribution in [0, 0.1) is 5.92 Å². The Morgan fingerprint density at radius 3 is 2.44 bits per heavy atom. The van der Waals surface area contributed by atoms with Gasteiger partial charge < -0.3 is 15.0 Å². The van der Waals surface area contributed by atoms with Gasteiger partial charge in [0.15, 0.2) is 11.6 Å². The van der Waals surface area contributed by atoms with E-state index in [2.05, 4.69) is 12.2 Å². The Morgan fingerprint density at radius 1 is 0.884 bits per heavy atom. The normalized spacial score (nSPS) is 23.0. The first-order chi connectivity index (χ1) is 21.0. The van der Waals surface area contributed by atoms with Crippen LogP contribution in [0.1, 0.15) is 62.4 Å². The third kappa shape index (κ3) is 3.97. The molecular weight excluding hydrogens is 536 g/mol. The molecule has 1 saturated heterocycles. The summed E-state index contributed by atoms with van der Waals surface area (Å²) in [6.07, 6.45) is 5.77. The van der Waals surface area contributed by atoms with Crippen LogP contribution in [0.2, 0.25) is 0 Å². The smallest absolute Gasteiger partial charge is 0.238 e. The summed E-state index contributed by atoms with van der Waals surface area (Å²) in [6, 6.07) is 28.6. The molecule has 4 atom stereocenters. The Bertz CT molecular complexity index is 1790. The maximum absolute atomic E-state index is 14.9. The number of nitrogens with one attached hydrogen (secondary N) is 1. The number of fused-ring (bicyclic) bond motifs is 6. The van der Waals surface area contributed by atoms with E-state index in [0.29, 0.717) is 22.6 Å². The van der Waals surface area contributed by atoms with Crippen LogP contribution in [0.15, 0.2) is 103 Å². The number of hydrogen-bond donors (Lipinski definition) is 1. The van der Waals surface area contributed by atoms with Gasteiger partial charge in [-0.2, -0.15) is 0 Å². The van der Waals surface area contributed by atoms with Crippen LogP contribution in [-0.4, -0.2) is 35.5 Å². The molecule has 3 heterocycles. The number of benzene rings is 4. The summed E-state index contributed by atoms with van der Waals surface area (Å²) in [5.41, 5.74) is 3.99. The maximum Gasteiger partial charge on any atom is 0.238 e. The van der Waals surface area contributed by atoms with E-state index in [1.807, 2.05) is 90.0 Å². The predicted octanol–water partition coefficient (Wildman–Crippen LogP) is 6.63. The quantitative estimate of drug-likeness (QED) is 0.253. The van der Waals surface area contributed by atoms with E-state index in [1.54, 1.807) is 31.4 Å². The third-order valence-electron chi connectivity index (χ3n) is 9.25. The molecule has 1 N–H and O–H groups in total. The van der Waals surface area contributed by atoms with Gasteiger partial charge in [0.1, 0.15) is 17.2 Å². The van der Waals surface area contributed by atoms with Gasteiger partial charge in [-0.05, 0) is 52.9 Å². The van der Waals surface area contributed by atoms with Crippen LogP contribution in [0.4, 0.5) is 5.69 Å². The van der Waals surface area contributed by atoms with Crippen molar-refractivity contribution in [2.75, 3.05) is 12.4 Å². The van der Waals surface area contributed by atoms with Gasteiger partial charge in [-0.1, -0.05) is 92.2 Å². The molecule has 3 aliphatic rings. The lowest BCUT2D eigenvalue weighted by Crippen LogP contribution is -2.49. The van der Waals surface area contributed by atoms with Crippen molar-refractivity contribution in [2.24, 2.45) is 5.92 Å². The molecule has 0 bridgehead atoms. The van der Waals surface area contributed by atoms with Crippen LogP contribution in [-0.2, 0) is 16.6 Å². The lowest BCUT2D eigenvalue weighted by molar-refractivity contribution is -0.122. The zero-order chi connectivity index (χ0) is 29.7. The van der Waals surface area contributed by atoms with Crippen molar-refractivity contribution in [3.05, 3.63) is 137 Å². The molecule has 214 valence electrons. The SMILES string of the molecule is CCCc1ccc(C(=O)[C@@H]2[C@@H](C(=O)c3cccc(OC)c3)N3C=Cc4ccccc4[C@@H]3[C@]23C(=O)Nc2ccccc23)cc1. The van der Waals surface area contributed by atoms with Crippen molar-refractivity contribution >= 4 is 29.2 Å². The van der Waals surface area contributed by atoms with Crippen LogP contribution < -0.4 is 10.1 Å². The summed E-state index contributed by atoms with van der Waals surface area (Å²) in [5.74, 6) is -1.18. The van der Waals surface area contributed by atoms with Gasteiger partial charge in [0, 0.05) is 23.0 Å². The molecule has 4 aromatic rings. The highest BCUT2D eigenvalue weighted by Crippen LogP contribution is 2.62. The van der Waals surface area contributed by atoms with Crippen LogP contribution in [0.3, 0.4) is 0 Å². The van der Waals surface area contributed by atoms with Crippen molar-refractivity contribution in [2.45, 2.75) is 37.3 Å². The monoisotopic (exact) mass is 568 g/mol. The molecule has 7 rings (SSSR count). The van der Waals surface area contributed by atoms with Gasteiger partial charge in [0.2, 0.25) is 5.91 Å². The predicted molar refractivity (Wildman–Crippen MR) is 166 cm³/mol. The Kier molecular flexibility index (Phi) is 6.50. The molecule has 43 heavy (non-hydrogen) atoms. The second-order valence-corrected chi connectivity index (χ2v) is 11.5. The number of aryl methyl sites for hydroxylation is 1. The average molecular weight is 569 g/mol. The number of ketones is 2. The number of nitrogens with zero attached hydrogens (tertiary/aromatic N) is 1. The first kappa shape index (κ1) is 26.9. The number of ether oxygens (including phenoxy) is 1. The summed E-state index contributed by atoms with van der Waals surface area (Å²) in [6.45, 7) is 2.12. The molecule has 0 radical (unpaired) electrons. The lowest BCUT2D eigenvalue weighted by Gasteiger charge is -2.38. The summed E-state index contributed by atoms with van der Waals surface area (Å²) >= 11 is 0. The topological polar surface area (TPSA) is 75.7 Å². The molecule has 6 nitrogen and oxygen atoms in total. The third-order valence-corrected chi connectivity index (χ3v) is 9.25. The highest BCUT2D eigenvalue weighted by atomic mass is 16.5. The summed E-state index contributed by atoms with van der Waals surface area (Å²) in [7, 11) is 1.56. The minimum Gasteiger partial charge on any atom is -0.497 e. The first-order valence-corrected chi connectivity index (χ1v) is 14.8. The maximum atomic E-state index is 14.9. The van der Waals surface area contributed by atoms with Gasteiger partial charge in [-0.15, -0.1) is 0 Å². The zero-order valence-electron chi connectivity index (χ0n) is 24.1. The van der Waals surface area contributed by atoms with Gasteiger partial charge in [-0.25, -0.2) is 0 Å². The standard InChI is InChI=1S/C37H32N2O4/c1-3-9-23-16-18-25(19-17-23)33(40)31-32(34(41)26-11-8-12-27(22-26)43-2)39-21-20-24-10-4-5-13-28(24)35(39)37(31)29-14-6-7-15-30(29)38-36(37)42/h4-8,10-22,31-32,35H,3,9H2,1-2H3,(H,38,42)/t31-,32-,35+,37+/m0/s1. The highest BCUT2D eigenvalue weighted by Gasteiger charge is 2.70. The number of anilines is 1. The summed E-state index contributed by atoms with van der Waals surface area (Å²) in [4.78, 5) is 46.2. The first-order valence-electron chi connectivity index (χ1n) is 14.8. The average Bonchev–Trinajstić information content (AvgIpc) is 3.53. The fourth-order valence-electron chi connectivity index (χ4n) is 7.42. The van der Waals surface area contributed by atoms with Gasteiger partial charge in [0.25, 0.3) is 0 Å². The highest BCUT2D eigenvalue weighted by molar-refractivity contribution is 6.16. The molecule has 6 heteroatoms. The van der Waals surface area contributed by atoms with E-state index >= 15 is 0 Å². The number of carbonyl (C=O) groups excluding carboxylic acids is 3.